The summed E-state index contributed by atoms with van der Waals surface area (Å²) < 4.78 is 0. The smallest absolute Gasteiger partial charge is 0.0172 e. The summed E-state index contributed by atoms with van der Waals surface area (Å²) in [5, 5.41) is 0. The molecule has 2 aliphatic carbocycles. The zero-order valence-electron chi connectivity index (χ0n) is 12.5. The van der Waals surface area contributed by atoms with Gasteiger partial charge in [0.1, 0.15) is 0 Å². The maximum Gasteiger partial charge on any atom is -0.0172 e. The molecule has 0 heteroatoms. The molecule has 0 amide bonds. The number of rotatable bonds is 2. The Morgan fingerprint density at radius 3 is 2.53 bits per heavy atom. The van der Waals surface area contributed by atoms with Crippen LogP contribution in [0.15, 0.2) is 11.1 Å². The molecule has 4 atom stereocenters. The van der Waals surface area contributed by atoms with E-state index in [1.165, 1.54) is 38.5 Å². The Morgan fingerprint density at radius 2 is 1.94 bits per heavy atom. The van der Waals surface area contributed by atoms with Crippen LogP contribution in [0.4, 0.5) is 0 Å². The Bertz CT molecular complexity index is 312. The number of hydrogen-bond acceptors (Lipinski definition) is 0. The normalized spacial score (nSPS) is 42.5. The first kappa shape index (κ1) is 13.2. The lowest BCUT2D eigenvalue weighted by atomic mass is 9.54. The van der Waals surface area contributed by atoms with Crippen molar-refractivity contribution in [3.05, 3.63) is 11.1 Å². The summed E-state index contributed by atoms with van der Waals surface area (Å²) in [6.07, 6.45) is 8.39. The van der Waals surface area contributed by atoms with E-state index in [9.17, 15) is 0 Å². The van der Waals surface area contributed by atoms with Gasteiger partial charge in [-0.1, -0.05) is 45.3 Å². The van der Waals surface area contributed by atoms with Crippen LogP contribution >= 0.6 is 0 Å². The second-order valence-electron chi connectivity index (χ2n) is 6.78. The molecule has 2 rings (SSSR count). The van der Waals surface area contributed by atoms with Crippen molar-refractivity contribution in [2.45, 2.75) is 73.1 Å². The van der Waals surface area contributed by atoms with Crippen LogP contribution in [0.5, 0.6) is 0 Å². The number of fused-ring (bicyclic) bond motifs is 1. The van der Waals surface area contributed by atoms with Crippen molar-refractivity contribution in [3.8, 4) is 0 Å². The molecule has 2 aliphatic rings. The SMILES string of the molecule is CCC1=C(C)C2CCC(C)(CC)C(C)C2CC1. The second-order valence-corrected chi connectivity index (χ2v) is 6.78. The molecule has 0 aliphatic heterocycles. The topological polar surface area (TPSA) is 0 Å². The predicted molar refractivity (Wildman–Crippen MR) is 76.0 cm³/mol. The van der Waals surface area contributed by atoms with Crippen LogP contribution in [0.1, 0.15) is 73.1 Å². The van der Waals surface area contributed by atoms with Crippen molar-refractivity contribution < 1.29 is 0 Å². The molecule has 0 radical (unpaired) electrons. The first-order valence-electron chi connectivity index (χ1n) is 7.72. The largest absolute Gasteiger partial charge is 0.0713 e. The van der Waals surface area contributed by atoms with Crippen LogP contribution in [-0.4, -0.2) is 0 Å². The van der Waals surface area contributed by atoms with Gasteiger partial charge in [0, 0.05) is 0 Å². The predicted octanol–water partition coefficient (Wildman–Crippen LogP) is 5.59. The standard InChI is InChI=1S/C17H30/c1-6-14-8-9-16-13(4)17(5,7-2)11-10-15(16)12(14)3/h13,15-16H,6-11H2,1-5H3. The van der Waals surface area contributed by atoms with Crippen molar-refractivity contribution in [1.29, 1.82) is 0 Å². The zero-order valence-corrected chi connectivity index (χ0v) is 12.5. The fourth-order valence-corrected chi connectivity index (χ4v) is 4.54. The Hall–Kier alpha value is -0.260. The highest BCUT2D eigenvalue weighted by atomic mass is 14.5. The highest BCUT2D eigenvalue weighted by Crippen LogP contribution is 2.54. The van der Waals surface area contributed by atoms with Gasteiger partial charge in [0.25, 0.3) is 0 Å². The average molecular weight is 234 g/mol. The zero-order chi connectivity index (χ0) is 12.6. The van der Waals surface area contributed by atoms with E-state index in [2.05, 4.69) is 34.6 Å². The van der Waals surface area contributed by atoms with Gasteiger partial charge < -0.3 is 0 Å². The number of hydrogen-bond donors (Lipinski definition) is 0. The van der Waals surface area contributed by atoms with Crippen molar-refractivity contribution in [1.82, 2.24) is 0 Å². The summed E-state index contributed by atoms with van der Waals surface area (Å²) in [6.45, 7) is 12.2. The summed E-state index contributed by atoms with van der Waals surface area (Å²) in [7, 11) is 0. The lowest BCUT2D eigenvalue weighted by molar-refractivity contribution is 0.0265. The number of allylic oxidation sites excluding steroid dienone is 2. The first-order valence-corrected chi connectivity index (χ1v) is 7.72. The summed E-state index contributed by atoms with van der Waals surface area (Å²) in [4.78, 5) is 0. The molecule has 1 saturated carbocycles. The fraction of sp³-hybridized carbons (Fsp3) is 0.882. The molecule has 1 fully saturated rings. The minimum absolute atomic E-state index is 0.616. The molecule has 0 saturated heterocycles. The van der Waals surface area contributed by atoms with Gasteiger partial charge in [0.15, 0.2) is 0 Å². The highest BCUT2D eigenvalue weighted by molar-refractivity contribution is 5.21. The van der Waals surface area contributed by atoms with Crippen LogP contribution in [0.25, 0.3) is 0 Å². The second kappa shape index (κ2) is 4.78. The Balaban J connectivity index is 2.23. The van der Waals surface area contributed by atoms with Crippen molar-refractivity contribution in [3.63, 3.8) is 0 Å². The highest BCUT2D eigenvalue weighted by Gasteiger charge is 2.44. The van der Waals surface area contributed by atoms with Crippen LogP contribution in [-0.2, 0) is 0 Å². The molecule has 17 heavy (non-hydrogen) atoms. The minimum Gasteiger partial charge on any atom is -0.0713 e. The minimum atomic E-state index is 0.616. The van der Waals surface area contributed by atoms with E-state index < -0.39 is 0 Å². The molecular weight excluding hydrogens is 204 g/mol. The summed E-state index contributed by atoms with van der Waals surface area (Å²) in [5.41, 5.74) is 4.16. The molecule has 0 nitrogen and oxygen atoms in total. The molecule has 0 heterocycles. The van der Waals surface area contributed by atoms with Gasteiger partial charge in [-0.15, -0.1) is 0 Å². The van der Waals surface area contributed by atoms with Gasteiger partial charge in [-0.3, -0.25) is 0 Å². The van der Waals surface area contributed by atoms with Gasteiger partial charge in [0.05, 0.1) is 0 Å². The van der Waals surface area contributed by atoms with Crippen molar-refractivity contribution >= 4 is 0 Å². The van der Waals surface area contributed by atoms with Gasteiger partial charge in [-0.05, 0) is 62.2 Å². The van der Waals surface area contributed by atoms with E-state index in [1.54, 1.807) is 11.1 Å². The van der Waals surface area contributed by atoms with E-state index in [0.717, 1.165) is 17.8 Å². The lowest BCUT2D eigenvalue weighted by Gasteiger charge is -2.51. The summed E-state index contributed by atoms with van der Waals surface area (Å²) in [5.74, 6) is 2.82. The molecule has 0 spiro atoms. The molecule has 0 N–H and O–H groups in total. The molecule has 0 aromatic heterocycles. The first-order chi connectivity index (χ1) is 8.03. The van der Waals surface area contributed by atoms with E-state index in [1.807, 2.05) is 0 Å². The summed E-state index contributed by atoms with van der Waals surface area (Å²) >= 11 is 0. The Morgan fingerprint density at radius 1 is 1.24 bits per heavy atom. The maximum absolute atomic E-state index is 2.53. The van der Waals surface area contributed by atoms with Crippen molar-refractivity contribution in [2.24, 2.45) is 23.2 Å². The van der Waals surface area contributed by atoms with Gasteiger partial charge in [0.2, 0.25) is 0 Å². The van der Waals surface area contributed by atoms with Crippen LogP contribution < -0.4 is 0 Å². The maximum atomic E-state index is 2.53. The Kier molecular flexibility index (Phi) is 3.71. The van der Waals surface area contributed by atoms with E-state index in [0.29, 0.717) is 5.41 Å². The van der Waals surface area contributed by atoms with E-state index >= 15 is 0 Å². The third-order valence-electron chi connectivity index (χ3n) is 6.41. The van der Waals surface area contributed by atoms with Crippen LogP contribution in [0, 0.1) is 23.2 Å². The molecule has 0 aromatic rings. The van der Waals surface area contributed by atoms with E-state index in [-0.39, 0.29) is 0 Å². The molecule has 98 valence electrons. The van der Waals surface area contributed by atoms with Gasteiger partial charge >= 0.3 is 0 Å². The van der Waals surface area contributed by atoms with Crippen molar-refractivity contribution in [2.75, 3.05) is 0 Å². The van der Waals surface area contributed by atoms with Gasteiger partial charge in [-0.25, -0.2) is 0 Å². The Labute approximate surface area is 108 Å². The average Bonchev–Trinajstić information content (AvgIpc) is 2.34. The third kappa shape index (κ3) is 2.09. The molecule has 0 aromatic carbocycles. The monoisotopic (exact) mass is 234 g/mol. The van der Waals surface area contributed by atoms with E-state index in [4.69, 9.17) is 0 Å². The quantitative estimate of drug-likeness (QED) is 0.547. The van der Waals surface area contributed by atoms with Crippen LogP contribution in [0.2, 0.25) is 0 Å². The third-order valence-corrected chi connectivity index (χ3v) is 6.41. The van der Waals surface area contributed by atoms with Gasteiger partial charge in [-0.2, -0.15) is 0 Å². The lowest BCUT2D eigenvalue weighted by Crippen LogP contribution is -2.41. The fourth-order valence-electron chi connectivity index (χ4n) is 4.54. The molecular formula is C17H30. The van der Waals surface area contributed by atoms with Crippen LogP contribution in [0.3, 0.4) is 0 Å². The molecule has 0 bridgehead atoms. The molecule has 4 unspecified atom stereocenters. The summed E-state index contributed by atoms with van der Waals surface area (Å²) in [6, 6.07) is 0.